The summed E-state index contributed by atoms with van der Waals surface area (Å²) in [6.45, 7) is 0. The Morgan fingerprint density at radius 2 is 1.04 bits per heavy atom. The van der Waals surface area contributed by atoms with Crippen molar-refractivity contribution in [3.8, 4) is 0 Å². The van der Waals surface area contributed by atoms with Crippen molar-refractivity contribution in [1.29, 1.82) is 0 Å². The summed E-state index contributed by atoms with van der Waals surface area (Å²) in [6.07, 6.45) is 1.79. The van der Waals surface area contributed by atoms with E-state index in [1.54, 1.807) is 0 Å². The molecule has 0 heterocycles. The summed E-state index contributed by atoms with van der Waals surface area (Å²) in [5, 5.41) is 22.0. The lowest BCUT2D eigenvalue weighted by molar-refractivity contribution is -0.388. The normalized spacial score (nSPS) is 12.2. The molecule has 0 aliphatic heterocycles. The van der Waals surface area contributed by atoms with Gasteiger partial charge in [0.25, 0.3) is 11.4 Å². The van der Waals surface area contributed by atoms with Gasteiger partial charge in [0.2, 0.25) is 0 Å². The van der Waals surface area contributed by atoms with Crippen LogP contribution in [0.2, 0.25) is 0 Å². The lowest BCUT2D eigenvalue weighted by Crippen LogP contribution is -2.06. The monoisotopic (exact) mass is 430 g/mol. The van der Waals surface area contributed by atoms with Crippen molar-refractivity contribution >= 4 is 43.8 Å². The number of nitrogens with zero attached hydrogens (tertiary/aromatic N) is 2. The van der Waals surface area contributed by atoms with Crippen LogP contribution in [0.4, 0.5) is 11.4 Å². The van der Waals surface area contributed by atoms with Gasteiger partial charge in [-0.05, 0) is 0 Å². The summed E-state index contributed by atoms with van der Waals surface area (Å²) in [5.41, 5.74) is -2.63. The summed E-state index contributed by atoms with van der Waals surface area (Å²) in [6, 6.07) is 6.05. The Kier molecular flexibility index (Phi) is 5.60. The number of hydrogen-bond acceptors (Lipinski definition) is 8. The first-order valence-electron chi connectivity index (χ1n) is 7.02. The molecule has 148 valence electrons. The molecule has 0 aliphatic carbocycles. The van der Waals surface area contributed by atoms with Crippen LogP contribution in [0.25, 0.3) is 12.2 Å². The van der Waals surface area contributed by atoms with Gasteiger partial charge in [0, 0.05) is 23.3 Å². The Morgan fingerprint density at radius 3 is 1.29 bits per heavy atom. The standard InChI is InChI=1S/C14H10N2O10S2/c17-15(18)11-5-1-3-9(13(11)27(21,22)23)7-8-10-4-2-6-12(16(19)20)14(10)28(24,25)26/h1-8H,(H,21,22,23)(H,24,25,26)/b8-7+. The highest BCUT2D eigenvalue weighted by Gasteiger charge is 2.28. The van der Waals surface area contributed by atoms with Crippen LogP contribution < -0.4 is 0 Å². The largest absolute Gasteiger partial charge is 0.302 e. The van der Waals surface area contributed by atoms with Crippen LogP contribution in [0.1, 0.15) is 11.1 Å². The number of benzene rings is 2. The van der Waals surface area contributed by atoms with E-state index in [-0.39, 0.29) is 11.1 Å². The molecule has 0 aromatic heterocycles. The third kappa shape index (κ3) is 4.37. The van der Waals surface area contributed by atoms with Gasteiger partial charge in [-0.2, -0.15) is 16.8 Å². The summed E-state index contributed by atoms with van der Waals surface area (Å²) >= 11 is 0. The number of nitro benzene ring substituents is 2. The van der Waals surface area contributed by atoms with Gasteiger partial charge >= 0.3 is 20.2 Å². The predicted molar refractivity (Wildman–Crippen MR) is 94.8 cm³/mol. The Morgan fingerprint density at radius 1 is 0.714 bits per heavy atom. The smallest absolute Gasteiger partial charge is 0.282 e. The van der Waals surface area contributed by atoms with E-state index < -0.39 is 51.2 Å². The van der Waals surface area contributed by atoms with Gasteiger partial charge in [-0.1, -0.05) is 36.4 Å². The Hall–Kier alpha value is -3.20. The van der Waals surface area contributed by atoms with Crippen molar-refractivity contribution in [3.05, 3.63) is 67.8 Å². The summed E-state index contributed by atoms with van der Waals surface area (Å²) in [4.78, 5) is 17.9. The molecular weight excluding hydrogens is 420 g/mol. The molecule has 0 fully saturated rings. The van der Waals surface area contributed by atoms with Crippen LogP contribution in [-0.4, -0.2) is 35.8 Å². The number of nitro groups is 2. The Balaban J connectivity index is 2.76. The van der Waals surface area contributed by atoms with Crippen LogP contribution in [-0.2, 0) is 20.2 Å². The predicted octanol–water partition coefficient (Wildman–Crippen LogP) is 2.17. The van der Waals surface area contributed by atoms with E-state index in [2.05, 4.69) is 0 Å². The highest BCUT2D eigenvalue weighted by Crippen LogP contribution is 2.31. The minimum absolute atomic E-state index is 0.385. The van der Waals surface area contributed by atoms with Crippen LogP contribution in [0.5, 0.6) is 0 Å². The molecule has 2 N–H and O–H groups in total. The van der Waals surface area contributed by atoms with E-state index in [4.69, 9.17) is 0 Å². The lowest BCUT2D eigenvalue weighted by Gasteiger charge is -2.06. The molecule has 0 aliphatic rings. The second kappa shape index (κ2) is 7.43. The first-order valence-corrected chi connectivity index (χ1v) is 9.90. The molecule has 0 unspecified atom stereocenters. The highest BCUT2D eigenvalue weighted by atomic mass is 32.2. The minimum Gasteiger partial charge on any atom is -0.282 e. The van der Waals surface area contributed by atoms with E-state index in [0.29, 0.717) is 0 Å². The first-order chi connectivity index (χ1) is 12.8. The van der Waals surface area contributed by atoms with Crippen LogP contribution in [0.15, 0.2) is 46.2 Å². The maximum Gasteiger partial charge on any atom is 0.302 e. The first kappa shape index (κ1) is 21.1. The van der Waals surface area contributed by atoms with Gasteiger partial charge in [-0.3, -0.25) is 29.3 Å². The lowest BCUT2D eigenvalue weighted by atomic mass is 10.1. The molecule has 0 bridgehead atoms. The van der Waals surface area contributed by atoms with Crippen molar-refractivity contribution in [3.63, 3.8) is 0 Å². The van der Waals surface area contributed by atoms with Gasteiger partial charge in [0.1, 0.15) is 0 Å². The third-order valence-electron chi connectivity index (χ3n) is 3.40. The average Bonchev–Trinajstić information content (AvgIpc) is 2.57. The maximum absolute atomic E-state index is 11.6. The summed E-state index contributed by atoms with van der Waals surface area (Å²) in [7, 11) is -10.1. The van der Waals surface area contributed by atoms with E-state index in [1.165, 1.54) is 0 Å². The van der Waals surface area contributed by atoms with Gasteiger partial charge < -0.3 is 0 Å². The Labute approximate surface area is 157 Å². The minimum atomic E-state index is -5.04. The average molecular weight is 430 g/mol. The third-order valence-corrected chi connectivity index (χ3v) is 5.32. The van der Waals surface area contributed by atoms with Gasteiger partial charge in [0.15, 0.2) is 9.79 Å². The SMILES string of the molecule is O=[N+]([O-])c1cccc(/C=C/c2cccc([N+](=O)[O-])c2S(=O)(=O)O)c1S(=O)(=O)O. The van der Waals surface area contributed by atoms with Crippen molar-refractivity contribution in [2.24, 2.45) is 0 Å². The summed E-state index contributed by atoms with van der Waals surface area (Å²) in [5.74, 6) is 0. The van der Waals surface area contributed by atoms with Gasteiger partial charge in [-0.15, -0.1) is 0 Å². The van der Waals surface area contributed by atoms with E-state index in [0.717, 1.165) is 48.6 Å². The number of hydrogen-bond donors (Lipinski definition) is 2. The summed E-state index contributed by atoms with van der Waals surface area (Å²) < 4.78 is 64.8. The molecule has 0 saturated heterocycles. The Bertz CT molecular complexity index is 1120. The molecule has 2 rings (SSSR count). The zero-order chi connectivity index (χ0) is 21.3. The van der Waals surface area contributed by atoms with Crippen molar-refractivity contribution in [2.45, 2.75) is 9.79 Å². The van der Waals surface area contributed by atoms with E-state index in [9.17, 15) is 46.2 Å². The molecular formula is C14H10N2O10S2. The zero-order valence-corrected chi connectivity index (χ0v) is 15.1. The van der Waals surface area contributed by atoms with Crippen LogP contribution in [0.3, 0.4) is 0 Å². The fourth-order valence-electron chi connectivity index (χ4n) is 2.38. The second-order valence-corrected chi connectivity index (χ2v) is 7.91. The van der Waals surface area contributed by atoms with Crippen LogP contribution in [0, 0.1) is 20.2 Å². The highest BCUT2D eigenvalue weighted by molar-refractivity contribution is 7.86. The number of rotatable bonds is 6. The molecule has 12 nitrogen and oxygen atoms in total. The van der Waals surface area contributed by atoms with Crippen molar-refractivity contribution < 1.29 is 35.8 Å². The molecule has 0 saturated carbocycles. The van der Waals surface area contributed by atoms with Gasteiger partial charge in [0.05, 0.1) is 9.85 Å². The fraction of sp³-hybridized carbons (Fsp3) is 0. The van der Waals surface area contributed by atoms with Gasteiger partial charge in [-0.25, -0.2) is 0 Å². The zero-order valence-electron chi connectivity index (χ0n) is 13.5. The topological polar surface area (TPSA) is 195 Å². The molecule has 0 amide bonds. The quantitative estimate of drug-likeness (QED) is 0.296. The fourth-order valence-corrected chi connectivity index (χ4v) is 4.06. The molecule has 28 heavy (non-hydrogen) atoms. The molecule has 14 heteroatoms. The molecule has 2 aromatic carbocycles. The van der Waals surface area contributed by atoms with E-state index in [1.807, 2.05) is 0 Å². The van der Waals surface area contributed by atoms with Crippen molar-refractivity contribution in [1.82, 2.24) is 0 Å². The molecule has 2 aromatic rings. The van der Waals surface area contributed by atoms with E-state index >= 15 is 0 Å². The van der Waals surface area contributed by atoms with Crippen LogP contribution >= 0.6 is 0 Å². The van der Waals surface area contributed by atoms with Crippen molar-refractivity contribution in [2.75, 3.05) is 0 Å². The second-order valence-electron chi connectivity index (χ2n) is 5.19. The maximum atomic E-state index is 11.6. The molecule has 0 atom stereocenters. The molecule has 0 radical (unpaired) electrons. The molecule has 0 spiro atoms.